The van der Waals surface area contributed by atoms with Crippen molar-refractivity contribution in [2.75, 3.05) is 0 Å². The molecule has 62 valence electrons. The van der Waals surface area contributed by atoms with E-state index in [1.165, 1.54) is 0 Å². The van der Waals surface area contributed by atoms with E-state index in [4.69, 9.17) is 0 Å². The van der Waals surface area contributed by atoms with Gasteiger partial charge in [-0.15, -0.1) is 0 Å². The van der Waals surface area contributed by atoms with Gasteiger partial charge in [0.05, 0.1) is 0 Å². The van der Waals surface area contributed by atoms with Crippen LogP contribution >= 0.6 is 0 Å². The molecule has 1 aromatic heterocycles. The predicted octanol–water partition coefficient (Wildman–Crippen LogP) is 2.23. The second kappa shape index (κ2) is 3.01. The molecule has 1 aliphatic carbocycles. The molecule has 0 amide bonds. The van der Waals surface area contributed by atoms with Gasteiger partial charge in [0.15, 0.2) is 0 Å². The zero-order valence-electron chi connectivity index (χ0n) is 6.73. The lowest BCUT2D eigenvalue weighted by molar-refractivity contribution is 0.559. The van der Waals surface area contributed by atoms with Crippen LogP contribution < -0.4 is 0 Å². The number of nitrogens with zero attached hydrogens (tertiary/aromatic N) is 2. The first kappa shape index (κ1) is 7.40. The molecule has 0 fully saturated rings. The second-order valence-electron chi connectivity index (χ2n) is 3.05. The summed E-state index contributed by atoms with van der Waals surface area (Å²) in [6.07, 6.45) is 4.66. The van der Waals surface area contributed by atoms with E-state index in [1.54, 1.807) is 6.20 Å². The summed E-state index contributed by atoms with van der Waals surface area (Å²) >= 11 is 0. The normalized spacial score (nSPS) is 21.5. The van der Waals surface area contributed by atoms with Gasteiger partial charge in [-0.25, -0.2) is 0 Å². The Hall–Kier alpha value is -1.25. The quantitative estimate of drug-likeness (QED) is 0.594. The predicted molar refractivity (Wildman–Crippen MR) is 45.7 cm³/mol. The zero-order chi connectivity index (χ0) is 8.39. The highest BCUT2D eigenvalue weighted by molar-refractivity contribution is 5.26. The summed E-state index contributed by atoms with van der Waals surface area (Å²) in [5, 5.41) is 3.10. The van der Waals surface area contributed by atoms with Gasteiger partial charge < -0.3 is 0 Å². The number of hydrogen-bond acceptors (Lipinski definition) is 3. The molecule has 0 aromatic carbocycles. The molecule has 1 atom stereocenters. The van der Waals surface area contributed by atoms with Crippen LogP contribution in [0.1, 0.15) is 30.1 Å². The standard InChI is InChI=1S/C9H10N2O/c12-11-9-5-1-4-8-7(9)3-2-6-10-8/h2-3,6,9H,1,4-5H2. The Morgan fingerprint density at radius 3 is 3.33 bits per heavy atom. The summed E-state index contributed by atoms with van der Waals surface area (Å²) in [5.41, 5.74) is 2.08. The van der Waals surface area contributed by atoms with E-state index in [2.05, 4.69) is 10.2 Å². The number of rotatable bonds is 1. The molecular formula is C9H10N2O. The fourth-order valence-electron chi connectivity index (χ4n) is 1.69. The molecule has 0 saturated carbocycles. The summed E-state index contributed by atoms with van der Waals surface area (Å²) < 4.78 is 0. The molecule has 1 aliphatic rings. The summed E-state index contributed by atoms with van der Waals surface area (Å²) in [7, 11) is 0. The molecule has 2 rings (SSSR count). The first-order valence-corrected chi connectivity index (χ1v) is 4.18. The summed E-state index contributed by atoms with van der Waals surface area (Å²) in [4.78, 5) is 14.7. The van der Waals surface area contributed by atoms with Crippen molar-refractivity contribution >= 4 is 0 Å². The minimum Gasteiger partial charge on any atom is -0.261 e. The molecule has 0 N–H and O–H groups in total. The van der Waals surface area contributed by atoms with Gasteiger partial charge in [-0.2, -0.15) is 4.91 Å². The summed E-state index contributed by atoms with van der Waals surface area (Å²) in [6.45, 7) is 0. The van der Waals surface area contributed by atoms with Gasteiger partial charge in [0.1, 0.15) is 6.04 Å². The average Bonchev–Trinajstić information content (AvgIpc) is 2.17. The van der Waals surface area contributed by atoms with E-state index >= 15 is 0 Å². The van der Waals surface area contributed by atoms with Crippen LogP contribution in [0.2, 0.25) is 0 Å². The number of aryl methyl sites for hydroxylation is 1. The van der Waals surface area contributed by atoms with Crippen LogP contribution in [0.3, 0.4) is 0 Å². The number of nitroso groups, excluding NO2 is 1. The highest BCUT2D eigenvalue weighted by atomic mass is 16.3. The Kier molecular flexibility index (Phi) is 1.86. The molecule has 1 aromatic rings. The van der Waals surface area contributed by atoms with Crippen LogP contribution in [0.25, 0.3) is 0 Å². The highest BCUT2D eigenvalue weighted by Crippen LogP contribution is 2.30. The summed E-state index contributed by atoms with van der Waals surface area (Å²) in [6, 6.07) is 3.66. The van der Waals surface area contributed by atoms with E-state index in [9.17, 15) is 4.91 Å². The van der Waals surface area contributed by atoms with Crippen LogP contribution in [0, 0.1) is 4.91 Å². The third-order valence-electron chi connectivity index (χ3n) is 2.30. The lowest BCUT2D eigenvalue weighted by Gasteiger charge is -2.18. The Morgan fingerprint density at radius 1 is 1.58 bits per heavy atom. The molecule has 1 unspecified atom stereocenters. The van der Waals surface area contributed by atoms with Crippen molar-refractivity contribution in [3.63, 3.8) is 0 Å². The van der Waals surface area contributed by atoms with Crippen molar-refractivity contribution in [1.82, 2.24) is 4.98 Å². The zero-order valence-corrected chi connectivity index (χ0v) is 6.73. The molecule has 0 bridgehead atoms. The Labute approximate surface area is 70.8 Å². The number of hydrogen-bond donors (Lipinski definition) is 0. The monoisotopic (exact) mass is 162 g/mol. The van der Waals surface area contributed by atoms with Crippen LogP contribution in [-0.2, 0) is 6.42 Å². The smallest absolute Gasteiger partial charge is 0.119 e. The number of fused-ring (bicyclic) bond motifs is 1. The number of aromatic nitrogens is 1. The van der Waals surface area contributed by atoms with Gasteiger partial charge >= 0.3 is 0 Å². The fourth-order valence-corrected chi connectivity index (χ4v) is 1.69. The van der Waals surface area contributed by atoms with E-state index in [-0.39, 0.29) is 6.04 Å². The topological polar surface area (TPSA) is 42.3 Å². The lowest BCUT2D eigenvalue weighted by atomic mass is 9.92. The Bertz CT molecular complexity index is 298. The minimum atomic E-state index is -0.151. The van der Waals surface area contributed by atoms with Crippen molar-refractivity contribution in [1.29, 1.82) is 0 Å². The number of pyridine rings is 1. The maximum absolute atomic E-state index is 10.4. The van der Waals surface area contributed by atoms with Gasteiger partial charge in [0.2, 0.25) is 0 Å². The van der Waals surface area contributed by atoms with Gasteiger partial charge in [-0.3, -0.25) is 4.98 Å². The molecule has 0 radical (unpaired) electrons. The average molecular weight is 162 g/mol. The third-order valence-corrected chi connectivity index (χ3v) is 2.30. The van der Waals surface area contributed by atoms with Crippen LogP contribution in [-0.4, -0.2) is 4.98 Å². The third kappa shape index (κ3) is 1.11. The van der Waals surface area contributed by atoms with Crippen LogP contribution in [0.15, 0.2) is 23.5 Å². The lowest BCUT2D eigenvalue weighted by Crippen LogP contribution is -2.08. The van der Waals surface area contributed by atoms with Crippen molar-refractivity contribution in [3.05, 3.63) is 34.5 Å². The van der Waals surface area contributed by atoms with E-state index in [0.29, 0.717) is 0 Å². The van der Waals surface area contributed by atoms with Crippen molar-refractivity contribution in [3.8, 4) is 0 Å². The molecule has 0 saturated heterocycles. The van der Waals surface area contributed by atoms with Crippen molar-refractivity contribution in [2.24, 2.45) is 5.18 Å². The van der Waals surface area contributed by atoms with Crippen LogP contribution in [0.4, 0.5) is 0 Å². The first-order chi connectivity index (χ1) is 5.92. The molecule has 1 heterocycles. The van der Waals surface area contributed by atoms with E-state index in [0.717, 1.165) is 30.5 Å². The van der Waals surface area contributed by atoms with Gasteiger partial charge in [-0.05, 0) is 25.3 Å². The van der Waals surface area contributed by atoms with Crippen molar-refractivity contribution in [2.45, 2.75) is 25.3 Å². The Morgan fingerprint density at radius 2 is 2.50 bits per heavy atom. The largest absolute Gasteiger partial charge is 0.261 e. The Balaban J connectivity index is 2.43. The highest BCUT2D eigenvalue weighted by Gasteiger charge is 2.20. The molecule has 0 aliphatic heterocycles. The molecule has 3 nitrogen and oxygen atoms in total. The van der Waals surface area contributed by atoms with Gasteiger partial charge in [-0.1, -0.05) is 11.2 Å². The molecular weight excluding hydrogens is 152 g/mol. The van der Waals surface area contributed by atoms with E-state index < -0.39 is 0 Å². The van der Waals surface area contributed by atoms with Crippen molar-refractivity contribution < 1.29 is 0 Å². The van der Waals surface area contributed by atoms with E-state index in [1.807, 2.05) is 12.1 Å². The maximum Gasteiger partial charge on any atom is 0.119 e. The minimum absolute atomic E-state index is 0.151. The molecule has 3 heteroatoms. The second-order valence-corrected chi connectivity index (χ2v) is 3.05. The maximum atomic E-state index is 10.4. The first-order valence-electron chi connectivity index (χ1n) is 4.18. The summed E-state index contributed by atoms with van der Waals surface area (Å²) in [5.74, 6) is 0. The SMILES string of the molecule is O=NC1CCCc2ncccc21. The van der Waals surface area contributed by atoms with Gasteiger partial charge in [0.25, 0.3) is 0 Å². The fraction of sp³-hybridized carbons (Fsp3) is 0.444. The molecule has 12 heavy (non-hydrogen) atoms. The van der Waals surface area contributed by atoms with Crippen LogP contribution in [0.5, 0.6) is 0 Å². The van der Waals surface area contributed by atoms with Gasteiger partial charge in [0, 0.05) is 17.5 Å². The molecule has 0 spiro atoms.